The number of aliphatic imine (C=N–C) groups is 1. The maximum Gasteiger partial charge on any atom is 0.459 e. The number of carbonyl (C=O) groups excluding carboxylic acids is 1. The maximum absolute atomic E-state index is 13.2. The Labute approximate surface area is 176 Å². The van der Waals surface area contributed by atoms with Crippen molar-refractivity contribution in [2.45, 2.75) is 33.8 Å². The molecule has 3 N–H and O–H groups in total. The number of allylic oxidation sites excluding steroid dienone is 1. The number of carbonyl (C=O) groups is 1. The monoisotopic (exact) mass is 440 g/mol. The molecule has 166 valence electrons. The van der Waals surface area contributed by atoms with E-state index in [2.05, 4.69) is 16.8 Å². The van der Waals surface area contributed by atoms with Crippen molar-refractivity contribution >= 4 is 20.4 Å². The van der Waals surface area contributed by atoms with Crippen LogP contribution in [0.4, 0.5) is 0 Å². The number of para-hydroxylation sites is 1. The Balaban J connectivity index is 3.04. The summed E-state index contributed by atoms with van der Waals surface area (Å²) in [6, 6.07) is 8.31. The normalized spacial score (nSPS) is 15.0. The molecule has 1 atom stereocenters. The molecule has 0 aromatic heterocycles. The molecular weight excluding hydrogens is 411 g/mol. The Morgan fingerprint density at radius 2 is 1.90 bits per heavy atom. The number of ether oxygens (including phenoxy) is 1. The lowest BCUT2D eigenvalue weighted by atomic mass is 10.1. The van der Waals surface area contributed by atoms with Crippen molar-refractivity contribution in [1.29, 1.82) is 0 Å². The Hall–Kier alpha value is -2.45. The summed E-state index contributed by atoms with van der Waals surface area (Å²) in [4.78, 5) is 15.5. The van der Waals surface area contributed by atoms with Gasteiger partial charge in [0.1, 0.15) is 18.1 Å². The fraction of sp³-hybridized carbons (Fsp3) is 0.400. The van der Waals surface area contributed by atoms with Crippen LogP contribution in [0.2, 0.25) is 0 Å². The van der Waals surface area contributed by atoms with Crippen molar-refractivity contribution in [2.24, 2.45) is 4.99 Å². The summed E-state index contributed by atoms with van der Waals surface area (Å²) < 4.78 is 29.2. The minimum absolute atomic E-state index is 0.158. The number of aliphatic hydroxyl groups excluding tert-OH is 2. The second-order valence-electron chi connectivity index (χ2n) is 6.56. The van der Waals surface area contributed by atoms with Gasteiger partial charge in [-0.3, -0.25) is 14.3 Å². The zero-order chi connectivity index (χ0) is 22.7. The third kappa shape index (κ3) is 8.51. The molecule has 1 unspecified atom stereocenters. The Kier molecular flexibility index (Phi) is 10.5. The predicted molar refractivity (Wildman–Crippen MR) is 115 cm³/mol. The molecule has 0 spiro atoms. The highest BCUT2D eigenvalue weighted by Crippen LogP contribution is 2.44. The van der Waals surface area contributed by atoms with E-state index in [1.807, 2.05) is 0 Å². The van der Waals surface area contributed by atoms with Gasteiger partial charge in [0.25, 0.3) is 0 Å². The Morgan fingerprint density at radius 3 is 2.43 bits per heavy atom. The summed E-state index contributed by atoms with van der Waals surface area (Å²) in [5, 5.41) is 22.2. The van der Waals surface area contributed by atoms with Gasteiger partial charge in [0.2, 0.25) is 0 Å². The SMILES string of the molecule is C=N/C(C)=C(O)\C(CO)=C(/C)COP(=O)(NCC(=O)OC(C)C)Oc1ccccc1. The third-order valence-corrected chi connectivity index (χ3v) is 5.21. The average molecular weight is 440 g/mol. The van der Waals surface area contributed by atoms with Crippen molar-refractivity contribution in [2.75, 3.05) is 19.8 Å². The van der Waals surface area contributed by atoms with E-state index in [1.54, 1.807) is 51.1 Å². The first-order chi connectivity index (χ1) is 14.1. The van der Waals surface area contributed by atoms with E-state index in [0.29, 0.717) is 5.57 Å². The Morgan fingerprint density at radius 1 is 1.27 bits per heavy atom. The highest BCUT2D eigenvalue weighted by molar-refractivity contribution is 7.52. The van der Waals surface area contributed by atoms with E-state index < -0.39 is 26.9 Å². The number of benzene rings is 1. The molecule has 0 amide bonds. The summed E-state index contributed by atoms with van der Waals surface area (Å²) in [7, 11) is -4.00. The van der Waals surface area contributed by atoms with E-state index in [4.69, 9.17) is 13.8 Å². The van der Waals surface area contributed by atoms with Crippen LogP contribution in [-0.2, 0) is 18.6 Å². The molecule has 1 aromatic carbocycles. The molecule has 0 heterocycles. The van der Waals surface area contributed by atoms with Gasteiger partial charge in [-0.15, -0.1) is 0 Å². The summed E-state index contributed by atoms with van der Waals surface area (Å²) in [5.74, 6) is -0.605. The molecule has 30 heavy (non-hydrogen) atoms. The van der Waals surface area contributed by atoms with Crippen LogP contribution in [0.15, 0.2) is 57.9 Å². The molecule has 1 aromatic rings. The highest BCUT2D eigenvalue weighted by Gasteiger charge is 2.28. The van der Waals surface area contributed by atoms with Crippen LogP contribution in [-0.4, -0.2) is 48.8 Å². The van der Waals surface area contributed by atoms with Gasteiger partial charge in [0.15, 0.2) is 0 Å². The topological polar surface area (TPSA) is 127 Å². The largest absolute Gasteiger partial charge is 0.506 e. The maximum atomic E-state index is 13.2. The van der Waals surface area contributed by atoms with Gasteiger partial charge in [-0.2, -0.15) is 0 Å². The molecule has 0 aliphatic rings. The van der Waals surface area contributed by atoms with Crippen LogP contribution < -0.4 is 9.61 Å². The molecule has 0 aliphatic heterocycles. The van der Waals surface area contributed by atoms with E-state index in [0.717, 1.165) is 0 Å². The summed E-state index contributed by atoms with van der Waals surface area (Å²) in [5.41, 5.74) is 0.767. The number of aliphatic hydroxyl groups is 2. The summed E-state index contributed by atoms with van der Waals surface area (Å²) in [6.07, 6.45) is -0.330. The summed E-state index contributed by atoms with van der Waals surface area (Å²) in [6.45, 7) is 8.67. The number of rotatable bonds is 12. The fourth-order valence-corrected chi connectivity index (χ4v) is 3.46. The van der Waals surface area contributed by atoms with Crippen molar-refractivity contribution < 1.29 is 33.4 Å². The van der Waals surface area contributed by atoms with Gasteiger partial charge >= 0.3 is 13.7 Å². The summed E-state index contributed by atoms with van der Waals surface area (Å²) >= 11 is 0. The lowest BCUT2D eigenvalue weighted by molar-refractivity contribution is -0.145. The van der Waals surface area contributed by atoms with E-state index in [-0.39, 0.29) is 35.5 Å². The van der Waals surface area contributed by atoms with E-state index in [1.165, 1.54) is 6.92 Å². The second-order valence-corrected chi connectivity index (χ2v) is 8.31. The van der Waals surface area contributed by atoms with Gasteiger partial charge in [-0.05, 0) is 52.1 Å². The smallest absolute Gasteiger partial charge is 0.459 e. The van der Waals surface area contributed by atoms with Gasteiger partial charge in [0, 0.05) is 5.57 Å². The predicted octanol–water partition coefficient (Wildman–Crippen LogP) is 3.53. The number of nitrogens with zero attached hydrogens (tertiary/aromatic N) is 1. The van der Waals surface area contributed by atoms with Gasteiger partial charge in [-0.1, -0.05) is 18.2 Å². The molecule has 10 heteroatoms. The molecule has 0 saturated heterocycles. The quantitative estimate of drug-likeness (QED) is 0.148. The highest BCUT2D eigenvalue weighted by atomic mass is 31.2. The van der Waals surface area contributed by atoms with Gasteiger partial charge in [-0.25, -0.2) is 9.65 Å². The standard InChI is InChI=1S/C20H29N2O7P/c1-14(2)28-19(24)11-22-30(26,29-17-9-7-6-8-10-17)27-13-15(3)18(12-23)20(25)16(4)21-5/h6-10,14,23,25H,5,11-13H2,1-4H3,(H,22,26)/b18-15+,20-16+. The fourth-order valence-electron chi connectivity index (χ4n) is 2.16. The average Bonchev–Trinajstić information content (AvgIpc) is 2.71. The number of esters is 1. The Bertz CT molecular complexity index is 835. The minimum Gasteiger partial charge on any atom is -0.506 e. The zero-order valence-corrected chi connectivity index (χ0v) is 18.5. The molecule has 0 fully saturated rings. The van der Waals surface area contributed by atoms with Crippen molar-refractivity contribution in [3.05, 3.63) is 52.9 Å². The number of hydrogen-bond donors (Lipinski definition) is 3. The van der Waals surface area contributed by atoms with E-state index in [9.17, 15) is 19.6 Å². The first-order valence-corrected chi connectivity index (χ1v) is 10.8. The molecule has 0 saturated carbocycles. The van der Waals surface area contributed by atoms with E-state index >= 15 is 0 Å². The van der Waals surface area contributed by atoms with Crippen LogP contribution in [0, 0.1) is 0 Å². The first-order valence-electron chi connectivity index (χ1n) is 9.22. The second kappa shape index (κ2) is 12.3. The van der Waals surface area contributed by atoms with Crippen LogP contribution >= 0.6 is 7.75 Å². The van der Waals surface area contributed by atoms with Crippen molar-refractivity contribution in [3.8, 4) is 5.75 Å². The molecule has 0 bridgehead atoms. The van der Waals surface area contributed by atoms with Crippen molar-refractivity contribution in [3.63, 3.8) is 0 Å². The lowest BCUT2D eigenvalue weighted by Gasteiger charge is -2.21. The minimum atomic E-state index is -4.00. The van der Waals surface area contributed by atoms with Gasteiger partial charge in [0.05, 0.1) is 25.0 Å². The van der Waals surface area contributed by atoms with Crippen LogP contribution in [0.1, 0.15) is 27.7 Å². The number of nitrogens with one attached hydrogen (secondary N) is 1. The zero-order valence-electron chi connectivity index (χ0n) is 17.6. The van der Waals surface area contributed by atoms with Crippen molar-refractivity contribution in [1.82, 2.24) is 5.09 Å². The molecule has 9 nitrogen and oxygen atoms in total. The molecule has 1 rings (SSSR count). The van der Waals surface area contributed by atoms with Crippen LogP contribution in [0.3, 0.4) is 0 Å². The lowest BCUT2D eigenvalue weighted by Crippen LogP contribution is -2.27. The molecule has 0 aliphatic carbocycles. The molecular formula is C20H29N2O7P. The number of hydrogen-bond acceptors (Lipinski definition) is 8. The molecule has 0 radical (unpaired) electrons. The first kappa shape index (κ1) is 25.6. The van der Waals surface area contributed by atoms with Gasteiger partial charge < -0.3 is 19.5 Å². The van der Waals surface area contributed by atoms with Crippen LogP contribution in [0.25, 0.3) is 0 Å². The van der Waals surface area contributed by atoms with Crippen LogP contribution in [0.5, 0.6) is 5.75 Å². The third-order valence-electron chi connectivity index (χ3n) is 3.74.